The van der Waals surface area contributed by atoms with Crippen LogP contribution in [-0.4, -0.2) is 51.8 Å². The number of nitrogens with zero attached hydrogens (tertiary/aromatic N) is 7. The first kappa shape index (κ1) is 29.0. The molecule has 1 atom stereocenters. The predicted octanol–water partition coefficient (Wildman–Crippen LogP) is 5.25. The summed E-state index contributed by atoms with van der Waals surface area (Å²) in [5.74, 6) is 1.71. The van der Waals surface area contributed by atoms with Gasteiger partial charge < -0.3 is 36.5 Å². The molecule has 0 aliphatic carbocycles. The fourth-order valence-corrected chi connectivity index (χ4v) is 4.70. The molecule has 2 aromatic heterocycles. The summed E-state index contributed by atoms with van der Waals surface area (Å²) in [5, 5.41) is 6.50. The molecule has 1 unspecified atom stereocenters. The van der Waals surface area contributed by atoms with Gasteiger partial charge in [0.2, 0.25) is 17.8 Å². The Morgan fingerprint density at radius 3 is 2.42 bits per heavy atom. The highest BCUT2D eigenvalue weighted by atomic mass is 19.1. The third-order valence-corrected chi connectivity index (χ3v) is 6.89. The Morgan fingerprint density at radius 2 is 1.69 bits per heavy atom. The maximum Gasteiger partial charge on any atom is 0.328 e. The number of methoxy groups -OCH3 is 1. The van der Waals surface area contributed by atoms with Crippen molar-refractivity contribution in [2.45, 2.75) is 12.5 Å². The molecule has 45 heavy (non-hydrogen) atoms. The van der Waals surface area contributed by atoms with Crippen LogP contribution < -0.4 is 36.5 Å². The minimum Gasteiger partial charge on any atom is -0.493 e. The van der Waals surface area contributed by atoms with Gasteiger partial charge in [0.15, 0.2) is 23.1 Å². The lowest BCUT2D eigenvalue weighted by atomic mass is 9.97. The first-order valence-electron chi connectivity index (χ1n) is 13.9. The van der Waals surface area contributed by atoms with Crippen molar-refractivity contribution in [3.8, 4) is 17.5 Å². The van der Waals surface area contributed by atoms with E-state index in [4.69, 9.17) is 25.9 Å². The predicted molar refractivity (Wildman–Crippen MR) is 171 cm³/mol. The molecule has 0 bridgehead atoms. The van der Waals surface area contributed by atoms with Crippen molar-refractivity contribution in [2.24, 2.45) is 4.99 Å². The van der Waals surface area contributed by atoms with Crippen molar-refractivity contribution in [3.05, 3.63) is 89.7 Å². The van der Waals surface area contributed by atoms with E-state index in [2.05, 4.69) is 35.6 Å². The number of fused-ring (bicyclic) bond motifs is 1. The van der Waals surface area contributed by atoms with Crippen molar-refractivity contribution in [3.63, 3.8) is 0 Å². The van der Waals surface area contributed by atoms with Crippen molar-refractivity contribution >= 4 is 46.6 Å². The number of nitrogens with one attached hydrogen (secondary N) is 2. The SMILES string of the molecule is COc1cc(C2CC(c3ccccc3)=Nc3c(N)nc(N)nc3N2)ccc1Oc1nc(Nc2ccc(F)cc2)nc(N(C)C)n1. The molecule has 6 N–H and O–H groups in total. The molecular weight excluding hydrogens is 577 g/mol. The summed E-state index contributed by atoms with van der Waals surface area (Å²) < 4.78 is 25.3. The molecule has 0 amide bonds. The highest BCUT2D eigenvalue weighted by molar-refractivity contribution is 6.04. The van der Waals surface area contributed by atoms with Crippen molar-refractivity contribution < 1.29 is 13.9 Å². The van der Waals surface area contributed by atoms with E-state index in [-0.39, 0.29) is 35.6 Å². The highest BCUT2D eigenvalue weighted by Gasteiger charge is 2.25. The monoisotopic (exact) mass is 607 g/mol. The van der Waals surface area contributed by atoms with E-state index in [1.54, 1.807) is 44.3 Å². The molecule has 0 fully saturated rings. The molecule has 13 nitrogen and oxygen atoms in total. The molecule has 0 radical (unpaired) electrons. The van der Waals surface area contributed by atoms with Gasteiger partial charge >= 0.3 is 6.01 Å². The zero-order valence-electron chi connectivity index (χ0n) is 24.7. The molecule has 1 aliphatic heterocycles. The lowest BCUT2D eigenvalue weighted by molar-refractivity contribution is 0.367. The zero-order valence-corrected chi connectivity index (χ0v) is 24.7. The second kappa shape index (κ2) is 12.3. The number of ether oxygens (including phenoxy) is 2. The lowest BCUT2D eigenvalue weighted by Gasteiger charge is -2.20. The summed E-state index contributed by atoms with van der Waals surface area (Å²) in [4.78, 5) is 28.3. The number of anilines is 6. The molecule has 1 aliphatic rings. The van der Waals surface area contributed by atoms with E-state index < -0.39 is 0 Å². The number of aromatic nitrogens is 5. The topological polar surface area (TPSA) is 175 Å². The number of hydrogen-bond acceptors (Lipinski definition) is 13. The van der Waals surface area contributed by atoms with Crippen LogP contribution in [0.15, 0.2) is 77.8 Å². The molecule has 0 saturated carbocycles. The Balaban J connectivity index is 1.32. The number of hydrogen-bond donors (Lipinski definition) is 4. The Hall–Kier alpha value is -6.05. The van der Waals surface area contributed by atoms with Gasteiger partial charge in [-0.05, 0) is 47.5 Å². The normalized spacial score (nSPS) is 14.0. The van der Waals surface area contributed by atoms with Gasteiger partial charge in [0.1, 0.15) is 11.5 Å². The molecule has 5 aromatic rings. The standard InChI is InChI=1S/C31H30FN11O2/c1-43(2)30-40-29(35-20-12-10-19(32)11-13-20)41-31(42-30)45-23-14-9-18(15-24(23)44-3)22-16-21(17-7-5-4-6-8-17)36-25-26(33)38-28(34)39-27(25)37-22/h4-15,22H,16H2,1-3H3,(H,35,40,41,42)(H5,33,34,37,38,39). The summed E-state index contributed by atoms with van der Waals surface area (Å²) in [6.45, 7) is 0. The molecule has 0 saturated heterocycles. The summed E-state index contributed by atoms with van der Waals surface area (Å²) in [5.41, 5.74) is 15.8. The third-order valence-electron chi connectivity index (χ3n) is 6.89. The summed E-state index contributed by atoms with van der Waals surface area (Å²) in [7, 11) is 5.15. The van der Waals surface area contributed by atoms with Gasteiger partial charge in [0.05, 0.1) is 18.9 Å². The molecule has 3 aromatic carbocycles. The minimum absolute atomic E-state index is 0.0343. The largest absolute Gasteiger partial charge is 0.493 e. The van der Waals surface area contributed by atoms with E-state index >= 15 is 0 Å². The number of aliphatic imine (C=N–C) groups is 1. The van der Waals surface area contributed by atoms with E-state index in [1.165, 1.54) is 12.1 Å². The average Bonchev–Trinajstić information content (AvgIpc) is 3.23. The van der Waals surface area contributed by atoms with E-state index in [1.807, 2.05) is 42.5 Å². The maximum absolute atomic E-state index is 13.4. The Kier molecular flexibility index (Phi) is 7.93. The fraction of sp³-hybridized carbons (Fsp3) is 0.161. The van der Waals surface area contributed by atoms with Crippen LogP contribution >= 0.6 is 0 Å². The van der Waals surface area contributed by atoms with Gasteiger partial charge in [-0.15, -0.1) is 0 Å². The summed E-state index contributed by atoms with van der Waals surface area (Å²) >= 11 is 0. The highest BCUT2D eigenvalue weighted by Crippen LogP contribution is 2.40. The molecule has 6 rings (SSSR count). The van der Waals surface area contributed by atoms with E-state index in [9.17, 15) is 4.39 Å². The van der Waals surface area contributed by atoms with Crippen LogP contribution in [0.4, 0.5) is 45.2 Å². The number of benzene rings is 3. The Labute approximate surface area is 258 Å². The van der Waals surface area contributed by atoms with E-state index in [0.717, 1.165) is 16.8 Å². The molecular formula is C31H30FN11O2. The minimum atomic E-state index is -0.349. The summed E-state index contributed by atoms with van der Waals surface area (Å²) in [6.07, 6.45) is 0.501. The second-order valence-electron chi connectivity index (χ2n) is 10.3. The molecule has 14 heteroatoms. The van der Waals surface area contributed by atoms with Crippen LogP contribution in [0.3, 0.4) is 0 Å². The van der Waals surface area contributed by atoms with Gasteiger partial charge in [0, 0.05) is 26.2 Å². The van der Waals surface area contributed by atoms with Crippen LogP contribution in [-0.2, 0) is 0 Å². The van der Waals surface area contributed by atoms with Crippen LogP contribution in [0.2, 0.25) is 0 Å². The average molecular weight is 608 g/mol. The van der Waals surface area contributed by atoms with Gasteiger partial charge in [-0.25, -0.2) is 9.38 Å². The smallest absolute Gasteiger partial charge is 0.328 e. The number of halogens is 1. The van der Waals surface area contributed by atoms with Crippen molar-refractivity contribution in [1.29, 1.82) is 0 Å². The molecule has 228 valence electrons. The number of nitrogens with two attached hydrogens (primary N) is 2. The van der Waals surface area contributed by atoms with E-state index in [0.29, 0.717) is 41.1 Å². The maximum atomic E-state index is 13.4. The van der Waals surface area contributed by atoms with Crippen molar-refractivity contribution in [1.82, 2.24) is 24.9 Å². The Morgan fingerprint density at radius 1 is 0.911 bits per heavy atom. The van der Waals surface area contributed by atoms with Crippen LogP contribution in [0.1, 0.15) is 23.6 Å². The van der Waals surface area contributed by atoms with Crippen molar-refractivity contribution in [2.75, 3.05) is 48.2 Å². The first-order chi connectivity index (χ1) is 21.7. The zero-order chi connectivity index (χ0) is 31.5. The van der Waals surface area contributed by atoms with Crippen LogP contribution in [0.25, 0.3) is 0 Å². The van der Waals surface area contributed by atoms with Gasteiger partial charge in [0.25, 0.3) is 0 Å². The number of rotatable bonds is 8. The van der Waals surface area contributed by atoms with Crippen LogP contribution in [0.5, 0.6) is 17.5 Å². The fourth-order valence-electron chi connectivity index (χ4n) is 4.70. The first-order valence-corrected chi connectivity index (χ1v) is 13.9. The van der Waals surface area contributed by atoms with Gasteiger partial charge in [-0.1, -0.05) is 36.4 Å². The quantitative estimate of drug-likeness (QED) is 0.180. The van der Waals surface area contributed by atoms with Crippen LogP contribution in [0, 0.1) is 5.82 Å². The third kappa shape index (κ3) is 6.49. The second-order valence-corrected chi connectivity index (χ2v) is 10.3. The summed E-state index contributed by atoms with van der Waals surface area (Å²) in [6, 6.07) is 21.0. The lowest BCUT2D eigenvalue weighted by Crippen LogP contribution is -2.16. The Bertz CT molecular complexity index is 1870. The molecule has 0 spiro atoms. The molecule has 3 heterocycles. The van der Waals surface area contributed by atoms with Gasteiger partial charge in [-0.3, -0.25) is 0 Å². The number of nitrogen functional groups attached to an aromatic ring is 2. The van der Waals surface area contributed by atoms with Gasteiger partial charge in [-0.2, -0.15) is 24.9 Å².